The van der Waals surface area contributed by atoms with Gasteiger partial charge in [-0.25, -0.2) is 4.39 Å². The van der Waals surface area contributed by atoms with Gasteiger partial charge in [0, 0.05) is 4.21 Å². The zero-order valence-electron chi connectivity index (χ0n) is 2.61. The highest BCUT2D eigenvalue weighted by Gasteiger charge is 1.90. The van der Waals surface area contributed by atoms with Crippen LogP contribution < -0.4 is 0 Å². The normalized spacial score (nSPS) is 7.40. The van der Waals surface area contributed by atoms with Gasteiger partial charge in [0.15, 0.2) is 0 Å². The summed E-state index contributed by atoms with van der Waals surface area (Å²) in [6.45, 7) is -0.506. The van der Waals surface area contributed by atoms with Crippen LogP contribution in [0.4, 0.5) is 4.39 Å². The van der Waals surface area contributed by atoms with Crippen LogP contribution in [-0.2, 0) is 15.9 Å². The maximum absolute atomic E-state index is 10.8. The summed E-state index contributed by atoms with van der Waals surface area (Å²) in [4.78, 5) is 0. The van der Waals surface area contributed by atoms with Crippen LogP contribution in [0.1, 0.15) is 0 Å². The summed E-state index contributed by atoms with van der Waals surface area (Å²) in [6.07, 6.45) is 0. The van der Waals surface area contributed by atoms with E-state index in [0.29, 0.717) is 0 Å². The van der Waals surface area contributed by atoms with E-state index in [4.69, 9.17) is 0 Å². The van der Waals surface area contributed by atoms with Crippen molar-refractivity contribution in [3.8, 4) is 0 Å². The van der Waals surface area contributed by atoms with Crippen molar-refractivity contribution in [2.75, 3.05) is 12.4 Å². The van der Waals surface area contributed by atoms with Gasteiger partial charge in [-0.3, -0.25) is 0 Å². The van der Waals surface area contributed by atoms with Crippen molar-refractivity contribution in [1.82, 2.24) is 0 Å². The highest BCUT2D eigenvalue weighted by molar-refractivity contribution is 7.65. The molecular weight excluding hydrogens is 91.1 g/mol. The van der Waals surface area contributed by atoms with E-state index in [2.05, 4.69) is 0 Å². The fraction of sp³-hybridized carbons (Fsp3) is 1.00. The second-order valence-corrected chi connectivity index (χ2v) is 1.15. The molecule has 0 saturated carbocycles. The number of hydrogen-bond acceptors (Lipinski definition) is 1. The van der Waals surface area contributed by atoms with Crippen molar-refractivity contribution in [1.29, 1.82) is 0 Å². The van der Waals surface area contributed by atoms with Crippen molar-refractivity contribution in [3.63, 3.8) is 0 Å². The fourth-order valence-corrected chi connectivity index (χ4v) is 0.0945. The molecule has 0 aliphatic rings. The summed E-state index contributed by atoms with van der Waals surface area (Å²) in [7, 11) is 0. The van der Waals surface area contributed by atoms with Crippen molar-refractivity contribution in [2.45, 2.75) is 0 Å². The van der Waals surface area contributed by atoms with Gasteiger partial charge in [-0.1, -0.05) is 0 Å². The smallest absolute Gasteiger partial charge is 0.245 e. The van der Waals surface area contributed by atoms with Gasteiger partial charge < -0.3 is 0 Å². The summed E-state index contributed by atoms with van der Waals surface area (Å²) in [5.41, 5.74) is 0. The van der Waals surface area contributed by atoms with E-state index >= 15 is 0 Å². The molecule has 0 aromatic heterocycles. The molecule has 30 valence electrons. The van der Waals surface area contributed by atoms with E-state index in [1.807, 2.05) is 0 Å². The second kappa shape index (κ2) is 3.95. The fourth-order valence-electron chi connectivity index (χ4n) is 0.0315. The lowest BCUT2D eigenvalue weighted by molar-refractivity contribution is 0.526. The molecule has 0 amide bonds. The Morgan fingerprint density at radius 3 is 2.40 bits per heavy atom. The highest BCUT2D eigenvalue weighted by Crippen LogP contribution is 1.60. The molecule has 0 aromatic rings. The monoisotopic (exact) mass is 95.0 g/mol. The molecule has 5 heavy (non-hydrogen) atoms. The maximum atomic E-state index is 10.8. The Hall–Kier alpha value is -0.0500. The molecule has 0 unspecified atom stereocenters. The Labute approximate surface area is 33.7 Å². The van der Waals surface area contributed by atoms with Gasteiger partial charge in [-0.15, -0.1) is 0 Å². The molecule has 0 radical (unpaired) electrons. The minimum atomic E-state index is -0.506. The number of alkyl halides is 1. The first-order chi connectivity index (χ1) is 2.41. The number of rotatable bonds is 2. The van der Waals surface area contributed by atoms with Crippen LogP contribution in [0.25, 0.3) is 0 Å². The largest absolute Gasteiger partial charge is 0.461 e. The summed E-state index contributed by atoms with van der Waals surface area (Å²) in [6, 6.07) is 0. The lowest BCUT2D eigenvalue weighted by atomic mass is 10.9. The van der Waals surface area contributed by atoms with Crippen LogP contribution >= 0.6 is 0 Å². The predicted octanol–water partition coefficient (Wildman–Crippen LogP) is 0.384. The van der Waals surface area contributed by atoms with Gasteiger partial charge in [-0.05, 0) is 0 Å². The van der Waals surface area contributed by atoms with Gasteiger partial charge in [0.25, 0.3) is 5.75 Å². The summed E-state index contributed by atoms with van der Waals surface area (Å²) < 4.78 is 20.0. The van der Waals surface area contributed by atoms with Gasteiger partial charge in [-0.2, -0.15) is 0 Å². The standard InChI is InChI=1S/C2H4FOS/c3-1-2-5-4/h1-2H2/q+1. The van der Waals surface area contributed by atoms with Crippen LogP contribution in [0.3, 0.4) is 0 Å². The quantitative estimate of drug-likeness (QED) is 0.453. The molecule has 0 aromatic carbocycles. The summed E-state index contributed by atoms with van der Waals surface area (Å²) in [5, 5.41) is 0. The Kier molecular flexibility index (Phi) is 3.91. The lowest BCUT2D eigenvalue weighted by Gasteiger charge is -1.51. The Morgan fingerprint density at radius 2 is 2.40 bits per heavy atom. The minimum Gasteiger partial charge on any atom is -0.245 e. The average Bonchev–Trinajstić information content (AvgIpc) is 1.41. The second-order valence-electron chi connectivity index (χ2n) is 0.511. The van der Waals surface area contributed by atoms with E-state index < -0.39 is 6.67 Å². The van der Waals surface area contributed by atoms with E-state index in [1.54, 1.807) is 0 Å². The van der Waals surface area contributed by atoms with Crippen LogP contribution in [0.15, 0.2) is 0 Å². The minimum absolute atomic E-state index is 0.0833. The molecule has 0 heterocycles. The highest BCUT2D eigenvalue weighted by atomic mass is 32.1. The van der Waals surface area contributed by atoms with Crippen LogP contribution in [0, 0.1) is 0 Å². The van der Waals surface area contributed by atoms with Crippen molar-refractivity contribution < 1.29 is 8.60 Å². The molecule has 0 N–H and O–H groups in total. The molecule has 0 spiro atoms. The van der Waals surface area contributed by atoms with Crippen molar-refractivity contribution in [2.24, 2.45) is 0 Å². The molecule has 0 aliphatic carbocycles. The van der Waals surface area contributed by atoms with Gasteiger partial charge in [0.2, 0.25) is 0 Å². The number of halogens is 1. The third-order valence-corrected chi connectivity index (χ3v) is 0.481. The average molecular weight is 95.1 g/mol. The molecule has 0 aliphatic heterocycles. The third-order valence-electron chi connectivity index (χ3n) is 0.160. The summed E-state index contributed by atoms with van der Waals surface area (Å²) in [5.74, 6) is 0.0833. The van der Waals surface area contributed by atoms with Crippen molar-refractivity contribution in [3.05, 3.63) is 0 Å². The molecule has 0 atom stereocenters. The molecule has 0 fully saturated rings. The van der Waals surface area contributed by atoms with Crippen molar-refractivity contribution >= 4 is 11.7 Å². The Morgan fingerprint density at radius 1 is 1.80 bits per heavy atom. The lowest BCUT2D eigenvalue weighted by Crippen LogP contribution is -1.78. The number of hydrogen-bond donors (Lipinski definition) is 0. The van der Waals surface area contributed by atoms with Gasteiger partial charge in [0.05, 0.1) is 0 Å². The van der Waals surface area contributed by atoms with Crippen LogP contribution in [0.2, 0.25) is 0 Å². The molecule has 3 heteroatoms. The van der Waals surface area contributed by atoms with Crippen LogP contribution in [-0.4, -0.2) is 12.4 Å². The van der Waals surface area contributed by atoms with Crippen LogP contribution in [0.5, 0.6) is 0 Å². The Bertz CT molecular complexity index is 30.8. The molecule has 0 bridgehead atoms. The predicted molar refractivity (Wildman–Crippen MR) is 18.9 cm³/mol. The first-order valence-electron chi connectivity index (χ1n) is 1.22. The topological polar surface area (TPSA) is 17.1 Å². The molecule has 0 saturated heterocycles. The van der Waals surface area contributed by atoms with E-state index in [9.17, 15) is 8.60 Å². The first kappa shape index (κ1) is 4.95. The first-order valence-corrected chi connectivity index (χ1v) is 2.13. The zero-order chi connectivity index (χ0) is 4.12. The SMILES string of the molecule is O=[S+]CCF. The Balaban J connectivity index is 2.40. The molecule has 1 nitrogen and oxygen atoms in total. The van der Waals surface area contributed by atoms with E-state index in [1.165, 1.54) is 0 Å². The molecular formula is C2H4FOS+. The zero-order valence-corrected chi connectivity index (χ0v) is 3.43. The maximum Gasteiger partial charge on any atom is 0.461 e. The molecule has 0 rings (SSSR count). The van der Waals surface area contributed by atoms with Gasteiger partial charge >= 0.3 is 11.7 Å². The van der Waals surface area contributed by atoms with Gasteiger partial charge in [0.1, 0.15) is 6.67 Å². The third kappa shape index (κ3) is 3.95. The van der Waals surface area contributed by atoms with E-state index in [0.717, 1.165) is 0 Å². The van der Waals surface area contributed by atoms with E-state index in [-0.39, 0.29) is 17.4 Å². The summed E-state index contributed by atoms with van der Waals surface area (Å²) >= 11 is 0.277.